The summed E-state index contributed by atoms with van der Waals surface area (Å²) in [6.45, 7) is 0. The van der Waals surface area contributed by atoms with E-state index in [4.69, 9.17) is 4.98 Å². The predicted octanol–water partition coefficient (Wildman–Crippen LogP) is 33.4. The average Bonchev–Trinajstić information content (AvgIpc) is 0.996. The molecule has 123 heavy (non-hydrogen) atoms. The normalized spacial score (nSPS) is 11.7. The summed E-state index contributed by atoms with van der Waals surface area (Å²) in [6.07, 6.45) is 0. The van der Waals surface area contributed by atoms with Crippen LogP contribution in [0.2, 0.25) is 0 Å². The van der Waals surface area contributed by atoms with Gasteiger partial charge in [-0.1, -0.05) is 394 Å². The molecular weight excluding hydrogens is 1480 g/mol. The van der Waals surface area contributed by atoms with Crippen LogP contribution >= 0.6 is 0 Å². The first-order valence-corrected chi connectivity index (χ1v) is 42.6. The zero-order valence-corrected chi connectivity index (χ0v) is 67.3. The summed E-state index contributed by atoms with van der Waals surface area (Å²) in [6, 6.07) is 172. The molecule has 1 heterocycles. The summed E-state index contributed by atoms with van der Waals surface area (Å²) in [4.78, 5) is 5.60. The third kappa shape index (κ3) is 11.7. The SMILES string of the molecule is c1ccc(-c2cc(-c3ccccc3)cc(-c3ccc4c5ccc(-c6cccc(-c7c(-c8ccccc8)c(-c8cccc(-c9nc%10ccccc%10n9-c9ccccc9)c8)c8c9cccc%10c%11c(-c%12ccccc%12)c(-c%12ccccc%12)c(-c%12ccccc%12)c(-c%12ccccc%12)c%11c%11cccc(c8c7-c7ccccc7)c%11c%109)c6)cc5c5ccccc5c4c3)c2)cc1. The lowest BCUT2D eigenvalue weighted by Gasteiger charge is -2.29. The lowest BCUT2D eigenvalue weighted by Crippen LogP contribution is -2.02. The van der Waals surface area contributed by atoms with Gasteiger partial charge in [0.15, 0.2) is 0 Å². The summed E-state index contributed by atoms with van der Waals surface area (Å²) >= 11 is 0. The number of rotatable bonds is 14. The number of nitrogens with zero attached hydrogens (tertiary/aromatic N) is 2. The van der Waals surface area contributed by atoms with Crippen molar-refractivity contribution in [3.63, 3.8) is 0 Å². The zero-order chi connectivity index (χ0) is 81.0. The van der Waals surface area contributed by atoms with E-state index in [1.165, 1.54) is 147 Å². The van der Waals surface area contributed by atoms with Gasteiger partial charge in [0, 0.05) is 11.3 Å². The largest absolute Gasteiger partial charge is 0.292 e. The Morgan fingerprint density at radius 1 is 0.138 bits per heavy atom. The van der Waals surface area contributed by atoms with Gasteiger partial charge in [-0.3, -0.25) is 4.57 Å². The van der Waals surface area contributed by atoms with Gasteiger partial charge in [0.2, 0.25) is 0 Å². The maximum atomic E-state index is 5.60. The molecule has 0 bridgehead atoms. The molecule has 0 aliphatic rings. The van der Waals surface area contributed by atoms with E-state index in [0.717, 1.165) is 100 Å². The predicted molar refractivity (Wildman–Crippen MR) is 523 cm³/mol. The van der Waals surface area contributed by atoms with Gasteiger partial charge in [-0.25, -0.2) is 4.98 Å². The number of hydrogen-bond acceptors (Lipinski definition) is 1. The molecule has 0 atom stereocenters. The topological polar surface area (TPSA) is 17.8 Å². The van der Waals surface area contributed by atoms with E-state index >= 15 is 0 Å². The highest BCUT2D eigenvalue weighted by Gasteiger charge is 2.33. The van der Waals surface area contributed by atoms with Crippen molar-refractivity contribution < 1.29 is 0 Å². The monoisotopic (exact) mass is 1560 g/mol. The molecule has 0 spiro atoms. The van der Waals surface area contributed by atoms with E-state index < -0.39 is 0 Å². The van der Waals surface area contributed by atoms with Crippen LogP contribution in [0.5, 0.6) is 0 Å². The number of imidazole rings is 1. The Balaban J connectivity index is 0.820. The minimum atomic E-state index is 0.868. The molecule has 0 fully saturated rings. The van der Waals surface area contributed by atoms with Crippen LogP contribution in [0.25, 0.3) is 248 Å². The van der Waals surface area contributed by atoms with Gasteiger partial charge in [0.05, 0.1) is 11.0 Å². The molecule has 0 N–H and O–H groups in total. The van der Waals surface area contributed by atoms with Crippen molar-refractivity contribution in [2.24, 2.45) is 0 Å². The van der Waals surface area contributed by atoms with E-state index in [2.05, 4.69) is 466 Å². The van der Waals surface area contributed by atoms with Crippen molar-refractivity contribution in [2.45, 2.75) is 0 Å². The first-order valence-electron chi connectivity index (χ1n) is 42.6. The molecule has 24 rings (SSSR count). The van der Waals surface area contributed by atoms with E-state index in [1.54, 1.807) is 0 Å². The fraction of sp³-hybridized carbons (Fsp3) is 0. The molecule has 0 saturated heterocycles. The van der Waals surface area contributed by atoms with Gasteiger partial charge >= 0.3 is 0 Å². The van der Waals surface area contributed by atoms with Crippen molar-refractivity contribution in [1.82, 2.24) is 9.55 Å². The molecule has 0 unspecified atom stereocenters. The molecule has 570 valence electrons. The van der Waals surface area contributed by atoms with Gasteiger partial charge in [0.25, 0.3) is 0 Å². The maximum Gasteiger partial charge on any atom is 0.145 e. The standard InChI is InChI=1S/C121H76N2/c1-10-36-77(37-11-1)91-72-92(78-38-12-2-13-39-78)74-93(73-91)87-67-69-98-97-68-66-86(75-103(97)95-58-28-29-59-96(95)104(98)76-87)85-52-32-53-88(70-85)113-109(81-44-18-5-19-45-81)114(89-54-33-55-90(71-89)121-122-105-64-30-31-65-106(105)123(121)94-56-26-9-27-57-94)120-102-63-35-61-100-116(102)115-99(60-34-62-101(115)119(120)112(113)84-50-24-8-25-51-84)117-110(82-46-20-6-21-47-82)107(79-40-14-3-15-41-79)108(80-42-16-4-17-43-80)111(118(100)117)83-48-22-7-23-49-83/h1-76H. The second-order valence-electron chi connectivity index (χ2n) is 32.5. The van der Waals surface area contributed by atoms with E-state index in [0.29, 0.717) is 0 Å². The Hall–Kier alpha value is -16.1. The van der Waals surface area contributed by atoms with Crippen LogP contribution in [0.4, 0.5) is 0 Å². The number of fused-ring (bicyclic) bond motifs is 13. The fourth-order valence-corrected chi connectivity index (χ4v) is 20.4. The molecule has 0 radical (unpaired) electrons. The number of benzene rings is 23. The molecule has 0 amide bonds. The molecular formula is C121H76N2. The molecule has 0 saturated carbocycles. The van der Waals surface area contributed by atoms with Gasteiger partial charge in [-0.2, -0.15) is 0 Å². The molecule has 2 nitrogen and oxygen atoms in total. The summed E-state index contributed by atoms with van der Waals surface area (Å²) in [5.41, 5.74) is 31.8. The Kier molecular flexibility index (Phi) is 17.0. The third-order valence-electron chi connectivity index (χ3n) is 25.6. The smallest absolute Gasteiger partial charge is 0.145 e. The van der Waals surface area contributed by atoms with Crippen molar-refractivity contribution in [1.29, 1.82) is 0 Å². The van der Waals surface area contributed by atoms with Crippen LogP contribution in [0.3, 0.4) is 0 Å². The van der Waals surface area contributed by atoms with Crippen LogP contribution in [0.1, 0.15) is 0 Å². The van der Waals surface area contributed by atoms with Crippen LogP contribution in [0.15, 0.2) is 461 Å². The van der Waals surface area contributed by atoms with Crippen LogP contribution in [0, 0.1) is 0 Å². The lowest BCUT2D eigenvalue weighted by molar-refractivity contribution is 1.10. The molecule has 0 aliphatic carbocycles. The number of aromatic nitrogens is 2. The molecule has 2 heteroatoms. The maximum absolute atomic E-state index is 5.60. The van der Waals surface area contributed by atoms with Crippen LogP contribution < -0.4 is 0 Å². The van der Waals surface area contributed by atoms with Crippen molar-refractivity contribution >= 4 is 97.2 Å². The van der Waals surface area contributed by atoms with Crippen molar-refractivity contribution in [3.05, 3.63) is 461 Å². The Bertz CT molecular complexity index is 8190. The van der Waals surface area contributed by atoms with Gasteiger partial charge < -0.3 is 0 Å². The fourth-order valence-electron chi connectivity index (χ4n) is 20.4. The van der Waals surface area contributed by atoms with E-state index in [-0.39, 0.29) is 0 Å². The average molecular weight is 1560 g/mol. The van der Waals surface area contributed by atoms with Gasteiger partial charge in [-0.05, 0) is 286 Å². The Labute approximate surface area is 713 Å². The Morgan fingerprint density at radius 3 is 0.805 bits per heavy atom. The minimum Gasteiger partial charge on any atom is -0.292 e. The first kappa shape index (κ1) is 71.0. The zero-order valence-electron chi connectivity index (χ0n) is 67.3. The number of hydrogen-bond donors (Lipinski definition) is 0. The molecule has 24 aromatic rings. The van der Waals surface area contributed by atoms with Crippen LogP contribution in [-0.4, -0.2) is 9.55 Å². The summed E-state index contributed by atoms with van der Waals surface area (Å²) in [5.74, 6) is 0.868. The van der Waals surface area contributed by atoms with Crippen LogP contribution in [-0.2, 0) is 0 Å². The number of para-hydroxylation sites is 3. The van der Waals surface area contributed by atoms with Crippen molar-refractivity contribution in [2.75, 3.05) is 0 Å². The molecule has 23 aromatic carbocycles. The second kappa shape index (κ2) is 29.4. The lowest BCUT2D eigenvalue weighted by atomic mass is 9.73. The first-order chi connectivity index (χ1) is 61.1. The van der Waals surface area contributed by atoms with E-state index in [9.17, 15) is 0 Å². The second-order valence-corrected chi connectivity index (χ2v) is 32.5. The van der Waals surface area contributed by atoms with Gasteiger partial charge in [0.1, 0.15) is 5.82 Å². The highest BCUT2D eigenvalue weighted by Crippen LogP contribution is 2.61. The Morgan fingerprint density at radius 2 is 0.390 bits per heavy atom. The summed E-state index contributed by atoms with van der Waals surface area (Å²) in [7, 11) is 0. The third-order valence-corrected chi connectivity index (χ3v) is 25.6. The highest BCUT2D eigenvalue weighted by molar-refractivity contribution is 6.47. The van der Waals surface area contributed by atoms with Crippen molar-refractivity contribution in [3.8, 4) is 151 Å². The summed E-state index contributed by atoms with van der Waals surface area (Å²) in [5, 5.41) is 19.3. The molecule has 0 aliphatic heterocycles. The summed E-state index contributed by atoms with van der Waals surface area (Å²) < 4.78 is 2.34. The highest BCUT2D eigenvalue weighted by atomic mass is 15.1. The molecule has 1 aromatic heterocycles. The quantitative estimate of drug-likeness (QED) is 0.0784. The van der Waals surface area contributed by atoms with Gasteiger partial charge in [-0.15, -0.1) is 0 Å². The van der Waals surface area contributed by atoms with E-state index in [1.807, 2.05) is 0 Å². The minimum absolute atomic E-state index is 0.868.